The van der Waals surface area contributed by atoms with Crippen molar-refractivity contribution in [3.8, 4) is 0 Å². The molecule has 0 aliphatic rings. The van der Waals surface area contributed by atoms with Crippen LogP contribution < -0.4 is 0 Å². The lowest BCUT2D eigenvalue weighted by atomic mass is 9.96. The van der Waals surface area contributed by atoms with Crippen LogP contribution in [0.25, 0.3) is 0 Å². The van der Waals surface area contributed by atoms with Gasteiger partial charge in [0.25, 0.3) is 0 Å². The van der Waals surface area contributed by atoms with E-state index in [1.54, 1.807) is 0 Å². The molecule has 0 saturated carbocycles. The second kappa shape index (κ2) is 5.79. The number of rotatable bonds is 4. The Kier molecular flexibility index (Phi) is 5.00. The van der Waals surface area contributed by atoms with Gasteiger partial charge < -0.3 is 0 Å². The van der Waals surface area contributed by atoms with Gasteiger partial charge in [-0.05, 0) is 29.5 Å². The van der Waals surface area contributed by atoms with E-state index in [1.165, 1.54) is 11.1 Å². The summed E-state index contributed by atoms with van der Waals surface area (Å²) in [6.07, 6.45) is 1.08. The molecule has 1 rings (SSSR count). The number of benzene rings is 1. The summed E-state index contributed by atoms with van der Waals surface area (Å²) in [6, 6.07) is 9.51. The molecule has 1 unspecified atom stereocenters. The van der Waals surface area contributed by atoms with E-state index < -0.39 is 7.42 Å². The fourth-order valence-corrected chi connectivity index (χ4v) is 4.12. The maximum absolute atomic E-state index is 5.92. The van der Waals surface area contributed by atoms with Crippen molar-refractivity contribution in [1.82, 2.24) is 0 Å². The van der Waals surface area contributed by atoms with Gasteiger partial charge in [-0.2, -0.15) is 22.2 Å². The van der Waals surface area contributed by atoms with Crippen LogP contribution in [0, 0.1) is 0 Å². The van der Waals surface area contributed by atoms with E-state index >= 15 is 0 Å². The zero-order chi connectivity index (χ0) is 10.6. The topological polar surface area (TPSA) is 0 Å². The molecule has 0 bridgehead atoms. The molecule has 0 radical (unpaired) electrons. The monoisotopic (exact) mass is 246 g/mol. The second-order valence-electron chi connectivity index (χ2n) is 3.58. The molecule has 0 nitrogen and oxygen atoms in total. The van der Waals surface area contributed by atoms with Crippen LogP contribution in [0.4, 0.5) is 0 Å². The van der Waals surface area contributed by atoms with Crippen LogP contribution in [0.15, 0.2) is 24.3 Å². The Morgan fingerprint density at radius 1 is 1.29 bits per heavy atom. The van der Waals surface area contributed by atoms with Crippen LogP contribution in [0.5, 0.6) is 0 Å². The summed E-state index contributed by atoms with van der Waals surface area (Å²) in [5.41, 5.74) is 2.83. The van der Waals surface area contributed by atoms with Crippen LogP contribution >= 0.6 is 22.2 Å². The van der Waals surface area contributed by atoms with E-state index in [0.717, 1.165) is 12.5 Å². The summed E-state index contributed by atoms with van der Waals surface area (Å²) >= 11 is 11.8. The molecule has 0 saturated heterocycles. The SMILES string of the molecule is CCc1ccccc1C(C)C[SiH](Cl)Cl. The maximum Gasteiger partial charge on any atom is 0.237 e. The molecule has 1 atom stereocenters. The number of halogens is 2. The highest BCUT2D eigenvalue weighted by atomic mass is 35.7. The molecule has 1 aromatic rings. The first-order valence-corrected chi connectivity index (χ1v) is 9.31. The smallest absolute Gasteiger partial charge is 0.150 e. The van der Waals surface area contributed by atoms with Gasteiger partial charge in [-0.1, -0.05) is 38.1 Å². The lowest BCUT2D eigenvalue weighted by Crippen LogP contribution is -2.03. The highest BCUT2D eigenvalue weighted by Crippen LogP contribution is 2.26. The summed E-state index contributed by atoms with van der Waals surface area (Å²) in [4.78, 5) is 0. The predicted molar refractivity (Wildman–Crippen MR) is 67.9 cm³/mol. The molecule has 0 aromatic heterocycles. The lowest BCUT2D eigenvalue weighted by Gasteiger charge is -2.15. The van der Waals surface area contributed by atoms with Crippen molar-refractivity contribution in [3.05, 3.63) is 35.4 Å². The quantitative estimate of drug-likeness (QED) is 0.556. The highest BCUT2D eigenvalue weighted by molar-refractivity contribution is 7.33. The molecule has 0 fully saturated rings. The van der Waals surface area contributed by atoms with Crippen LogP contribution in [0.1, 0.15) is 30.9 Å². The third kappa shape index (κ3) is 3.30. The molecule has 0 amide bonds. The Bertz CT molecular complexity index is 286. The van der Waals surface area contributed by atoms with Crippen molar-refractivity contribution < 1.29 is 0 Å². The van der Waals surface area contributed by atoms with Gasteiger partial charge in [-0.25, -0.2) is 0 Å². The van der Waals surface area contributed by atoms with E-state index in [0.29, 0.717) is 5.92 Å². The molecule has 0 spiro atoms. The molecule has 0 aliphatic heterocycles. The molecular formula is C11H16Cl2Si. The summed E-state index contributed by atoms with van der Waals surface area (Å²) in [5, 5.41) is 0. The van der Waals surface area contributed by atoms with Crippen molar-refractivity contribution in [2.45, 2.75) is 32.2 Å². The highest BCUT2D eigenvalue weighted by Gasteiger charge is 2.13. The van der Waals surface area contributed by atoms with Gasteiger partial charge >= 0.3 is 0 Å². The van der Waals surface area contributed by atoms with Crippen molar-refractivity contribution in [3.63, 3.8) is 0 Å². The van der Waals surface area contributed by atoms with E-state index in [2.05, 4.69) is 38.1 Å². The molecule has 3 heteroatoms. The minimum atomic E-state index is -1.49. The van der Waals surface area contributed by atoms with Crippen molar-refractivity contribution in [1.29, 1.82) is 0 Å². The largest absolute Gasteiger partial charge is 0.237 e. The fourth-order valence-electron chi connectivity index (χ4n) is 1.73. The Morgan fingerprint density at radius 2 is 1.93 bits per heavy atom. The van der Waals surface area contributed by atoms with Crippen LogP contribution in [0.2, 0.25) is 6.04 Å². The minimum absolute atomic E-state index is 0.498. The van der Waals surface area contributed by atoms with Gasteiger partial charge in [-0.15, -0.1) is 0 Å². The van der Waals surface area contributed by atoms with Crippen LogP contribution in [-0.2, 0) is 6.42 Å². The van der Waals surface area contributed by atoms with Crippen LogP contribution in [-0.4, -0.2) is 7.42 Å². The Labute approximate surface area is 97.3 Å². The Balaban J connectivity index is 2.82. The average Bonchev–Trinajstić information content (AvgIpc) is 2.16. The summed E-state index contributed by atoms with van der Waals surface area (Å²) in [7, 11) is -1.49. The van der Waals surface area contributed by atoms with E-state index in [4.69, 9.17) is 22.2 Å². The van der Waals surface area contributed by atoms with Gasteiger partial charge in [0.15, 0.2) is 0 Å². The second-order valence-corrected chi connectivity index (χ2v) is 8.66. The van der Waals surface area contributed by atoms with Gasteiger partial charge in [0.2, 0.25) is 7.42 Å². The van der Waals surface area contributed by atoms with Crippen molar-refractivity contribution in [2.75, 3.05) is 0 Å². The average molecular weight is 247 g/mol. The molecule has 78 valence electrons. The molecule has 14 heavy (non-hydrogen) atoms. The zero-order valence-electron chi connectivity index (χ0n) is 8.63. The fraction of sp³-hybridized carbons (Fsp3) is 0.455. The van der Waals surface area contributed by atoms with E-state index in [9.17, 15) is 0 Å². The first-order valence-electron chi connectivity index (χ1n) is 5.01. The normalized spacial score (nSPS) is 13.2. The number of hydrogen-bond donors (Lipinski definition) is 0. The van der Waals surface area contributed by atoms with Crippen molar-refractivity contribution in [2.24, 2.45) is 0 Å². The van der Waals surface area contributed by atoms with Crippen molar-refractivity contribution >= 4 is 29.6 Å². The standard InChI is InChI=1S/C11H16Cl2Si/c1-3-10-6-4-5-7-11(10)9(2)8-14(12)13/h4-7,9,14H,3,8H2,1-2H3. The van der Waals surface area contributed by atoms with Gasteiger partial charge in [0.1, 0.15) is 0 Å². The molecule has 0 heterocycles. The zero-order valence-corrected chi connectivity index (χ0v) is 11.3. The molecule has 0 N–H and O–H groups in total. The number of hydrogen-bond acceptors (Lipinski definition) is 0. The van der Waals surface area contributed by atoms with Gasteiger partial charge in [-0.3, -0.25) is 0 Å². The summed E-state index contributed by atoms with van der Waals surface area (Å²) in [5.74, 6) is 0.498. The molecule has 0 aliphatic carbocycles. The third-order valence-electron chi connectivity index (χ3n) is 2.50. The molecular weight excluding hydrogens is 231 g/mol. The first-order chi connectivity index (χ1) is 6.65. The van der Waals surface area contributed by atoms with Gasteiger partial charge in [0.05, 0.1) is 0 Å². The minimum Gasteiger partial charge on any atom is -0.150 e. The summed E-state index contributed by atoms with van der Waals surface area (Å²) < 4.78 is 0. The van der Waals surface area contributed by atoms with Gasteiger partial charge in [0, 0.05) is 0 Å². The van der Waals surface area contributed by atoms with Crippen LogP contribution in [0.3, 0.4) is 0 Å². The van der Waals surface area contributed by atoms with E-state index in [1.807, 2.05) is 0 Å². The number of aryl methyl sites for hydroxylation is 1. The third-order valence-corrected chi connectivity index (χ3v) is 4.63. The Hall–Kier alpha value is 0.0169. The summed E-state index contributed by atoms with van der Waals surface area (Å²) in [6.45, 7) is 4.39. The van der Waals surface area contributed by atoms with E-state index in [-0.39, 0.29) is 0 Å². The molecule has 1 aromatic carbocycles. The lowest BCUT2D eigenvalue weighted by molar-refractivity contribution is 0.839. The Morgan fingerprint density at radius 3 is 2.50 bits per heavy atom. The first kappa shape index (κ1) is 12.1. The maximum atomic E-state index is 5.92. The predicted octanol–water partition coefficient (Wildman–Crippen LogP) is 4.05.